The lowest BCUT2D eigenvalue weighted by Gasteiger charge is -1.87. The van der Waals surface area contributed by atoms with Crippen LogP contribution in [0.25, 0.3) is 0 Å². The van der Waals surface area contributed by atoms with E-state index in [1.807, 2.05) is 6.08 Å². The van der Waals surface area contributed by atoms with Crippen LogP contribution in [0.5, 0.6) is 0 Å². The van der Waals surface area contributed by atoms with E-state index in [-0.39, 0.29) is 0 Å². The molecule has 0 bridgehead atoms. The number of methoxy groups -OCH3 is 1. The summed E-state index contributed by atoms with van der Waals surface area (Å²) < 4.78 is 5.02. The monoisotopic (exact) mass is 276 g/mol. The molecular weight excluding hydrogens is 271 g/mol. The highest BCUT2D eigenvalue weighted by Gasteiger charge is 1.84. The third kappa shape index (κ3) is 6.75. The average Bonchev–Trinajstić information content (AvgIpc) is 1.61. The number of alkyl halides is 2. The molecule has 0 aliphatic carbocycles. The van der Waals surface area contributed by atoms with Crippen LogP contribution < -0.4 is 0 Å². The fraction of sp³-hybridized carbons (Fsp3) is 0.500. The van der Waals surface area contributed by atoms with Crippen LogP contribution in [-0.2, 0) is 4.74 Å². The van der Waals surface area contributed by atoms with Crippen molar-refractivity contribution in [3.05, 3.63) is 12.3 Å². The van der Waals surface area contributed by atoms with Crippen molar-refractivity contribution in [2.45, 2.75) is 2.83 Å². The summed E-state index contributed by atoms with van der Waals surface area (Å²) in [5, 5.41) is 0. The fourth-order valence-electron chi connectivity index (χ4n) is 0.138. The van der Waals surface area contributed by atoms with Gasteiger partial charge in [-0.1, -0.05) is 38.5 Å². The summed E-state index contributed by atoms with van der Waals surface area (Å²) in [5.41, 5.74) is 0. The number of halogens is 2. The van der Waals surface area contributed by atoms with Crippen molar-refractivity contribution < 1.29 is 4.74 Å². The van der Waals surface area contributed by atoms with Gasteiger partial charge >= 0.3 is 0 Å². The van der Waals surface area contributed by atoms with Crippen molar-refractivity contribution >= 4 is 38.5 Å². The molecule has 0 N–H and O–H groups in total. The largest absolute Gasteiger partial charge is 0.505 e. The van der Waals surface area contributed by atoms with Crippen LogP contribution in [0.2, 0.25) is 0 Å². The molecule has 0 heterocycles. The number of hydrogen-bond acceptors (Lipinski definition) is 1. The fourth-order valence-corrected chi connectivity index (χ4v) is 0.432. The lowest BCUT2D eigenvalue weighted by Crippen LogP contribution is -1.73. The first-order chi connectivity index (χ1) is 3.27. The summed E-state index contributed by atoms with van der Waals surface area (Å²) in [6.07, 6.45) is 3.55. The summed E-state index contributed by atoms with van der Waals surface area (Å²) in [6.45, 7) is 0. The second-order valence-corrected chi connectivity index (χ2v) is 4.94. The van der Waals surface area contributed by atoms with E-state index in [1.165, 1.54) is 0 Å². The van der Waals surface area contributed by atoms with Crippen LogP contribution in [0.4, 0.5) is 0 Å². The average molecular weight is 277 g/mol. The molecule has 0 aromatic rings. The Morgan fingerprint density at radius 2 is 2.43 bits per heavy atom. The molecule has 0 rings (SSSR count). The molecule has 0 spiro atoms. The number of ether oxygens (including phenoxy) is 1. The summed E-state index contributed by atoms with van der Waals surface area (Å²) in [7, 11) is 1.63. The van der Waals surface area contributed by atoms with E-state index < -0.39 is 0 Å². The topological polar surface area (TPSA) is 9.23 Å². The van der Waals surface area contributed by atoms with Gasteiger partial charge < -0.3 is 4.74 Å². The van der Waals surface area contributed by atoms with Gasteiger partial charge in [0.05, 0.1) is 16.2 Å². The van der Waals surface area contributed by atoms with Crippen molar-refractivity contribution in [3.63, 3.8) is 0 Å². The van der Waals surface area contributed by atoms with Gasteiger partial charge in [-0.15, -0.1) is 0 Å². The standard InChI is InChI=1S/C4H6BrIO/c1-7-3-2-4(5)6/h2-4H,1H3. The van der Waals surface area contributed by atoms with Crippen LogP contribution in [-0.4, -0.2) is 9.94 Å². The van der Waals surface area contributed by atoms with E-state index in [0.717, 1.165) is 0 Å². The molecular formula is C4H6BrIO. The Balaban J connectivity index is 3.08. The zero-order valence-electron chi connectivity index (χ0n) is 3.90. The molecule has 0 aliphatic heterocycles. The van der Waals surface area contributed by atoms with Gasteiger partial charge in [0.2, 0.25) is 0 Å². The third-order valence-electron chi connectivity index (χ3n) is 0.360. The highest BCUT2D eigenvalue weighted by molar-refractivity contribution is 14.1. The lowest BCUT2D eigenvalue weighted by atomic mass is 10.7. The molecule has 0 aromatic heterocycles. The quantitative estimate of drug-likeness (QED) is 0.427. The molecule has 1 unspecified atom stereocenters. The lowest BCUT2D eigenvalue weighted by molar-refractivity contribution is 0.337. The van der Waals surface area contributed by atoms with Crippen molar-refractivity contribution in [3.8, 4) is 0 Å². The number of rotatable bonds is 2. The summed E-state index contributed by atoms with van der Waals surface area (Å²) in [4.78, 5) is 0. The highest BCUT2D eigenvalue weighted by Crippen LogP contribution is 2.08. The minimum atomic E-state index is 0.380. The molecule has 1 atom stereocenters. The Morgan fingerprint density at radius 3 is 2.57 bits per heavy atom. The molecule has 0 radical (unpaired) electrons. The zero-order valence-corrected chi connectivity index (χ0v) is 7.64. The van der Waals surface area contributed by atoms with Crippen molar-refractivity contribution in [1.29, 1.82) is 0 Å². The Labute approximate surface area is 65.4 Å². The predicted octanol–water partition coefficient (Wildman–Crippen LogP) is 2.30. The molecule has 7 heavy (non-hydrogen) atoms. The van der Waals surface area contributed by atoms with Gasteiger partial charge in [-0.05, 0) is 6.08 Å². The first-order valence-corrected chi connectivity index (χ1v) is 3.91. The molecule has 1 nitrogen and oxygen atoms in total. The van der Waals surface area contributed by atoms with Crippen LogP contribution in [0, 0.1) is 0 Å². The van der Waals surface area contributed by atoms with E-state index in [2.05, 4.69) is 43.3 Å². The maximum absolute atomic E-state index is 4.64. The Kier molecular flexibility index (Phi) is 5.42. The Bertz CT molecular complexity index is 62.7. The molecule has 0 amide bonds. The van der Waals surface area contributed by atoms with Crippen molar-refractivity contribution in [2.75, 3.05) is 7.11 Å². The number of hydrogen-bond donors (Lipinski definition) is 0. The molecule has 3 heteroatoms. The Hall–Kier alpha value is 0.750. The SMILES string of the molecule is COC=CC(Br)I. The molecule has 0 aliphatic rings. The van der Waals surface area contributed by atoms with Crippen LogP contribution >= 0.6 is 38.5 Å². The predicted molar refractivity (Wildman–Crippen MR) is 42.9 cm³/mol. The van der Waals surface area contributed by atoms with Crippen molar-refractivity contribution in [2.24, 2.45) is 0 Å². The summed E-state index contributed by atoms with van der Waals surface area (Å²) in [5.74, 6) is 0. The molecule has 0 saturated carbocycles. The molecule has 0 saturated heterocycles. The van der Waals surface area contributed by atoms with Gasteiger partial charge in [0.25, 0.3) is 0 Å². The van der Waals surface area contributed by atoms with E-state index in [9.17, 15) is 0 Å². The highest BCUT2D eigenvalue weighted by atomic mass is 127. The van der Waals surface area contributed by atoms with Crippen LogP contribution in [0.15, 0.2) is 12.3 Å². The van der Waals surface area contributed by atoms with Gasteiger partial charge in [-0.2, -0.15) is 0 Å². The number of allylic oxidation sites excluding steroid dienone is 1. The van der Waals surface area contributed by atoms with E-state index in [1.54, 1.807) is 13.4 Å². The maximum Gasteiger partial charge on any atom is 0.0873 e. The van der Waals surface area contributed by atoms with Crippen LogP contribution in [0.3, 0.4) is 0 Å². The van der Waals surface area contributed by atoms with E-state index >= 15 is 0 Å². The summed E-state index contributed by atoms with van der Waals surface area (Å²) in [6, 6.07) is 0. The van der Waals surface area contributed by atoms with Gasteiger partial charge in [0.15, 0.2) is 0 Å². The van der Waals surface area contributed by atoms with Gasteiger partial charge in [-0.25, -0.2) is 0 Å². The molecule has 0 aromatic carbocycles. The summed E-state index contributed by atoms with van der Waals surface area (Å²) >= 11 is 5.51. The minimum Gasteiger partial charge on any atom is -0.505 e. The minimum absolute atomic E-state index is 0.380. The van der Waals surface area contributed by atoms with Gasteiger partial charge in [0.1, 0.15) is 0 Å². The maximum atomic E-state index is 4.64. The normalized spacial score (nSPS) is 14.7. The first-order valence-electron chi connectivity index (χ1n) is 1.75. The van der Waals surface area contributed by atoms with E-state index in [4.69, 9.17) is 0 Å². The smallest absolute Gasteiger partial charge is 0.0873 e. The second-order valence-electron chi connectivity index (χ2n) is 0.899. The molecule has 0 fully saturated rings. The van der Waals surface area contributed by atoms with Gasteiger partial charge in [0, 0.05) is 0 Å². The van der Waals surface area contributed by atoms with Crippen molar-refractivity contribution in [1.82, 2.24) is 0 Å². The first kappa shape index (κ1) is 7.75. The zero-order chi connectivity index (χ0) is 5.70. The van der Waals surface area contributed by atoms with Crippen LogP contribution in [0.1, 0.15) is 0 Å². The Morgan fingerprint density at radius 1 is 1.86 bits per heavy atom. The third-order valence-corrected chi connectivity index (χ3v) is 1.08. The van der Waals surface area contributed by atoms with E-state index in [0.29, 0.717) is 2.83 Å². The molecule has 42 valence electrons. The van der Waals surface area contributed by atoms with Gasteiger partial charge in [-0.3, -0.25) is 0 Å². The second kappa shape index (κ2) is 4.90.